The first kappa shape index (κ1) is 16.0. The van der Waals surface area contributed by atoms with E-state index in [1.54, 1.807) is 11.3 Å². The highest BCUT2D eigenvalue weighted by Crippen LogP contribution is 2.31. The zero-order valence-corrected chi connectivity index (χ0v) is 14.2. The minimum absolute atomic E-state index is 0.0514. The van der Waals surface area contributed by atoms with Crippen LogP contribution in [0.4, 0.5) is 10.5 Å². The molecule has 2 atom stereocenters. The number of carbonyl (C=O) groups is 1. The lowest BCUT2D eigenvalue weighted by atomic mass is 10.1. The van der Waals surface area contributed by atoms with Gasteiger partial charge in [-0.3, -0.25) is 4.90 Å². The molecule has 1 aromatic carbocycles. The highest BCUT2D eigenvalue weighted by Gasteiger charge is 2.29. The average molecular weight is 329 g/mol. The van der Waals surface area contributed by atoms with Crippen LogP contribution in [0.5, 0.6) is 0 Å². The number of carbonyl (C=O) groups excluding carboxylic acids is 1. The number of hydrogen-bond donors (Lipinski definition) is 2. The Bertz CT molecular complexity index is 608. The topological polar surface area (TPSA) is 44.4 Å². The maximum absolute atomic E-state index is 12.3. The first-order valence-corrected chi connectivity index (χ1v) is 9.02. The molecule has 23 heavy (non-hydrogen) atoms. The molecular weight excluding hydrogens is 306 g/mol. The molecule has 2 amide bonds. The van der Waals surface area contributed by atoms with Crippen molar-refractivity contribution in [3.63, 3.8) is 0 Å². The van der Waals surface area contributed by atoms with Gasteiger partial charge in [0.05, 0.1) is 6.04 Å². The van der Waals surface area contributed by atoms with Crippen LogP contribution < -0.4 is 10.6 Å². The molecule has 0 radical (unpaired) electrons. The van der Waals surface area contributed by atoms with Crippen molar-refractivity contribution in [1.82, 2.24) is 10.2 Å². The standard InChI is InChI=1S/C18H23N3OS/c1-14(19-18(22)20-15-8-3-2-4-9-15)17(16-10-7-13-23-16)21-11-5-6-12-21/h2-4,7-10,13-14,17H,5-6,11-12H2,1H3,(H2,19,20,22)/t14-,17-/m1/s1. The Morgan fingerprint density at radius 3 is 2.52 bits per heavy atom. The molecule has 1 aliphatic heterocycles. The number of likely N-dealkylation sites (tertiary alicyclic amines) is 1. The van der Waals surface area contributed by atoms with Gasteiger partial charge in [0.1, 0.15) is 0 Å². The highest BCUT2D eigenvalue weighted by atomic mass is 32.1. The van der Waals surface area contributed by atoms with Crippen LogP contribution >= 0.6 is 11.3 Å². The second-order valence-corrected chi connectivity index (χ2v) is 6.94. The predicted molar refractivity (Wildman–Crippen MR) is 95.9 cm³/mol. The van der Waals surface area contributed by atoms with Gasteiger partial charge in [-0.05, 0) is 56.4 Å². The predicted octanol–water partition coefficient (Wildman–Crippen LogP) is 4.10. The van der Waals surface area contributed by atoms with Gasteiger partial charge < -0.3 is 10.6 Å². The van der Waals surface area contributed by atoms with Crippen LogP contribution in [0.3, 0.4) is 0 Å². The highest BCUT2D eigenvalue weighted by molar-refractivity contribution is 7.10. The van der Waals surface area contributed by atoms with Crippen molar-refractivity contribution in [3.8, 4) is 0 Å². The maximum Gasteiger partial charge on any atom is 0.319 e. The zero-order valence-electron chi connectivity index (χ0n) is 13.4. The van der Waals surface area contributed by atoms with E-state index in [1.165, 1.54) is 17.7 Å². The molecule has 2 N–H and O–H groups in total. The van der Waals surface area contributed by atoms with E-state index in [2.05, 4.69) is 40.0 Å². The molecule has 1 saturated heterocycles. The van der Waals surface area contributed by atoms with Crippen LogP contribution in [0.1, 0.15) is 30.7 Å². The van der Waals surface area contributed by atoms with Gasteiger partial charge in [0.25, 0.3) is 0 Å². The lowest BCUT2D eigenvalue weighted by Gasteiger charge is -2.32. The summed E-state index contributed by atoms with van der Waals surface area (Å²) in [7, 11) is 0. The van der Waals surface area contributed by atoms with Crippen LogP contribution in [0.15, 0.2) is 47.8 Å². The molecule has 1 aliphatic rings. The Labute approximate surface area is 141 Å². The van der Waals surface area contributed by atoms with Crippen LogP contribution in [-0.4, -0.2) is 30.1 Å². The molecule has 2 heterocycles. The van der Waals surface area contributed by atoms with E-state index >= 15 is 0 Å². The fourth-order valence-corrected chi connectivity index (χ4v) is 4.16. The molecule has 0 bridgehead atoms. The number of amides is 2. The van der Waals surface area contributed by atoms with Gasteiger partial charge in [0.15, 0.2) is 0 Å². The molecule has 122 valence electrons. The maximum atomic E-state index is 12.3. The molecule has 4 nitrogen and oxygen atoms in total. The van der Waals surface area contributed by atoms with Gasteiger partial charge in [-0.15, -0.1) is 11.3 Å². The third kappa shape index (κ3) is 4.12. The summed E-state index contributed by atoms with van der Waals surface area (Å²) in [5.74, 6) is 0. The van der Waals surface area contributed by atoms with Gasteiger partial charge in [0.2, 0.25) is 0 Å². The van der Waals surface area contributed by atoms with Gasteiger partial charge >= 0.3 is 6.03 Å². The van der Waals surface area contributed by atoms with Gasteiger partial charge in [-0.1, -0.05) is 24.3 Å². The minimum atomic E-state index is -0.149. The van der Waals surface area contributed by atoms with Crippen molar-refractivity contribution in [3.05, 3.63) is 52.7 Å². The third-order valence-corrected chi connectivity index (χ3v) is 5.18. The fraction of sp³-hybridized carbons (Fsp3) is 0.389. The first-order chi connectivity index (χ1) is 11.2. The SMILES string of the molecule is C[C@@H](NC(=O)Nc1ccccc1)[C@H](c1cccs1)N1CCCC1. The van der Waals surface area contributed by atoms with Crippen molar-refractivity contribution in [2.75, 3.05) is 18.4 Å². The number of hydrogen-bond acceptors (Lipinski definition) is 3. The number of nitrogens with one attached hydrogen (secondary N) is 2. The van der Waals surface area contributed by atoms with Crippen molar-refractivity contribution in [2.45, 2.75) is 31.8 Å². The van der Waals surface area contributed by atoms with E-state index in [-0.39, 0.29) is 18.1 Å². The summed E-state index contributed by atoms with van der Waals surface area (Å²) in [5.41, 5.74) is 0.811. The molecule has 0 saturated carbocycles. The molecule has 0 spiro atoms. The smallest absolute Gasteiger partial charge is 0.319 e. The van der Waals surface area contributed by atoms with Crippen molar-refractivity contribution in [1.29, 1.82) is 0 Å². The number of rotatable bonds is 5. The number of urea groups is 1. The summed E-state index contributed by atoms with van der Waals surface area (Å²) in [6.45, 7) is 4.30. The van der Waals surface area contributed by atoms with E-state index in [0.29, 0.717) is 0 Å². The number of anilines is 1. The molecule has 5 heteroatoms. The molecule has 1 fully saturated rings. The second-order valence-electron chi connectivity index (χ2n) is 5.96. The molecule has 3 rings (SSSR count). The Hall–Kier alpha value is -1.85. The van der Waals surface area contributed by atoms with E-state index in [4.69, 9.17) is 0 Å². The van der Waals surface area contributed by atoms with Crippen molar-refractivity contribution < 1.29 is 4.79 Å². The summed E-state index contributed by atoms with van der Waals surface area (Å²) < 4.78 is 0. The fourth-order valence-electron chi connectivity index (χ4n) is 3.20. The third-order valence-electron chi connectivity index (χ3n) is 4.23. The average Bonchev–Trinajstić information content (AvgIpc) is 3.22. The second kappa shape index (κ2) is 7.62. The summed E-state index contributed by atoms with van der Waals surface area (Å²) in [4.78, 5) is 16.1. The number of thiophene rings is 1. The molecule has 1 aromatic heterocycles. The van der Waals surface area contributed by atoms with Crippen LogP contribution in [0.25, 0.3) is 0 Å². The molecule has 0 aliphatic carbocycles. The lowest BCUT2D eigenvalue weighted by Crippen LogP contribution is -2.45. The normalized spacial score (nSPS) is 17.6. The minimum Gasteiger partial charge on any atom is -0.333 e. The van der Waals surface area contributed by atoms with Gasteiger partial charge in [-0.25, -0.2) is 4.79 Å². The molecular formula is C18H23N3OS. The summed E-state index contributed by atoms with van der Waals surface area (Å²) >= 11 is 1.76. The van der Waals surface area contributed by atoms with E-state index in [1.807, 2.05) is 30.3 Å². The molecule has 2 aromatic rings. The van der Waals surface area contributed by atoms with Crippen LogP contribution in [-0.2, 0) is 0 Å². The largest absolute Gasteiger partial charge is 0.333 e. The zero-order chi connectivity index (χ0) is 16.1. The first-order valence-electron chi connectivity index (χ1n) is 8.14. The summed E-state index contributed by atoms with van der Waals surface area (Å²) in [6.07, 6.45) is 2.48. The van der Waals surface area contributed by atoms with Gasteiger partial charge in [0, 0.05) is 16.6 Å². The van der Waals surface area contributed by atoms with Crippen molar-refractivity contribution >= 4 is 23.1 Å². The number of nitrogens with zero attached hydrogens (tertiary/aromatic N) is 1. The quantitative estimate of drug-likeness (QED) is 0.867. The Morgan fingerprint density at radius 2 is 1.87 bits per heavy atom. The Balaban J connectivity index is 1.66. The lowest BCUT2D eigenvalue weighted by molar-refractivity contribution is 0.200. The van der Waals surface area contributed by atoms with Crippen LogP contribution in [0, 0.1) is 0 Å². The summed E-state index contributed by atoms with van der Waals surface area (Å²) in [6, 6.07) is 13.9. The van der Waals surface area contributed by atoms with Crippen LogP contribution in [0.2, 0.25) is 0 Å². The number of benzene rings is 1. The number of para-hydroxylation sites is 1. The molecule has 0 unspecified atom stereocenters. The van der Waals surface area contributed by atoms with E-state index < -0.39 is 0 Å². The van der Waals surface area contributed by atoms with E-state index in [0.717, 1.165) is 18.8 Å². The van der Waals surface area contributed by atoms with Gasteiger partial charge in [-0.2, -0.15) is 0 Å². The van der Waals surface area contributed by atoms with E-state index in [9.17, 15) is 4.79 Å². The Kier molecular flexibility index (Phi) is 5.31. The Morgan fingerprint density at radius 1 is 1.13 bits per heavy atom. The summed E-state index contributed by atoms with van der Waals surface area (Å²) in [5, 5.41) is 8.11. The van der Waals surface area contributed by atoms with Crippen molar-refractivity contribution in [2.24, 2.45) is 0 Å². The monoisotopic (exact) mass is 329 g/mol.